The number of sulfonamides is 1. The van der Waals surface area contributed by atoms with Crippen molar-refractivity contribution in [1.82, 2.24) is 0 Å². The number of benzene rings is 2. The van der Waals surface area contributed by atoms with Crippen molar-refractivity contribution in [1.29, 1.82) is 0 Å². The van der Waals surface area contributed by atoms with E-state index in [0.717, 1.165) is 7.88 Å². The van der Waals surface area contributed by atoms with E-state index in [1.807, 2.05) is 0 Å². The molecular formula is C15H12Cl2INO4S. The molecule has 0 aliphatic rings. The van der Waals surface area contributed by atoms with Crippen molar-refractivity contribution >= 4 is 67.5 Å². The molecule has 128 valence electrons. The van der Waals surface area contributed by atoms with Gasteiger partial charge in [-0.05, 0) is 72.0 Å². The Labute approximate surface area is 163 Å². The molecule has 1 unspecified atom stereocenters. The van der Waals surface area contributed by atoms with Gasteiger partial charge >= 0.3 is 5.97 Å². The van der Waals surface area contributed by atoms with Crippen LogP contribution in [0.15, 0.2) is 47.4 Å². The minimum Gasteiger partial charge on any atom is -0.480 e. The van der Waals surface area contributed by atoms with Gasteiger partial charge < -0.3 is 5.11 Å². The molecule has 0 bridgehead atoms. The predicted octanol–water partition coefficient (Wildman–Crippen LogP) is 4.27. The van der Waals surface area contributed by atoms with Crippen molar-refractivity contribution in [3.05, 3.63) is 56.1 Å². The maximum absolute atomic E-state index is 13.1. The Morgan fingerprint density at radius 2 is 1.75 bits per heavy atom. The smallest absolute Gasteiger partial charge is 0.327 e. The van der Waals surface area contributed by atoms with Crippen LogP contribution in [-0.2, 0) is 14.8 Å². The van der Waals surface area contributed by atoms with Gasteiger partial charge in [0.1, 0.15) is 10.9 Å². The number of aliphatic carboxylic acids is 1. The molecule has 1 atom stereocenters. The third-order valence-corrected chi connectivity index (χ3v) is 6.55. The molecule has 0 spiro atoms. The van der Waals surface area contributed by atoms with Crippen LogP contribution in [0.4, 0.5) is 5.69 Å². The minimum absolute atomic E-state index is 0.0347. The number of halogens is 3. The van der Waals surface area contributed by atoms with Crippen LogP contribution in [0.1, 0.15) is 6.92 Å². The zero-order valence-corrected chi connectivity index (χ0v) is 16.8. The third-order valence-electron chi connectivity index (χ3n) is 3.22. The highest BCUT2D eigenvalue weighted by Crippen LogP contribution is 2.32. The number of anilines is 1. The van der Waals surface area contributed by atoms with Crippen LogP contribution >= 0.6 is 45.8 Å². The monoisotopic (exact) mass is 499 g/mol. The first-order valence-electron chi connectivity index (χ1n) is 6.62. The molecule has 1 N–H and O–H groups in total. The van der Waals surface area contributed by atoms with Gasteiger partial charge in [-0.2, -0.15) is 0 Å². The lowest BCUT2D eigenvalue weighted by Gasteiger charge is -2.28. The van der Waals surface area contributed by atoms with Crippen molar-refractivity contribution in [3.8, 4) is 0 Å². The van der Waals surface area contributed by atoms with Crippen molar-refractivity contribution in [2.75, 3.05) is 4.31 Å². The van der Waals surface area contributed by atoms with E-state index < -0.39 is 22.0 Å². The fourth-order valence-corrected chi connectivity index (χ4v) is 4.75. The summed E-state index contributed by atoms with van der Waals surface area (Å²) in [4.78, 5) is 11.2. The number of hydrogen-bond acceptors (Lipinski definition) is 3. The summed E-state index contributed by atoms with van der Waals surface area (Å²) < 4.78 is 27.8. The molecule has 0 fully saturated rings. The van der Waals surface area contributed by atoms with Gasteiger partial charge in [0.15, 0.2) is 0 Å². The van der Waals surface area contributed by atoms with Crippen molar-refractivity contribution < 1.29 is 18.3 Å². The first-order chi connectivity index (χ1) is 11.1. The lowest BCUT2D eigenvalue weighted by molar-refractivity contribution is -0.137. The molecule has 0 saturated carbocycles. The van der Waals surface area contributed by atoms with E-state index in [9.17, 15) is 18.3 Å². The van der Waals surface area contributed by atoms with Gasteiger partial charge in [0.25, 0.3) is 10.0 Å². The van der Waals surface area contributed by atoms with Crippen LogP contribution in [0.25, 0.3) is 0 Å². The number of carboxylic acid groups (broad SMARTS) is 1. The zero-order chi connectivity index (χ0) is 18.1. The Kier molecular flexibility index (Phi) is 6.00. The van der Waals surface area contributed by atoms with Gasteiger partial charge in [-0.25, -0.2) is 13.2 Å². The molecule has 0 aliphatic carbocycles. The summed E-state index contributed by atoms with van der Waals surface area (Å²) in [5.41, 5.74) is 0.223. The molecular weight excluding hydrogens is 488 g/mol. The highest BCUT2D eigenvalue weighted by atomic mass is 127. The molecule has 0 saturated heterocycles. The fourth-order valence-electron chi connectivity index (χ4n) is 2.04. The minimum atomic E-state index is -4.23. The van der Waals surface area contributed by atoms with E-state index >= 15 is 0 Å². The Hall–Kier alpha value is -1.03. The molecule has 0 aliphatic heterocycles. The second-order valence-electron chi connectivity index (χ2n) is 4.87. The average molecular weight is 500 g/mol. The molecule has 5 nitrogen and oxygen atoms in total. The van der Waals surface area contributed by atoms with Crippen molar-refractivity contribution in [2.24, 2.45) is 0 Å². The normalized spacial score (nSPS) is 12.7. The lowest BCUT2D eigenvalue weighted by Crippen LogP contribution is -2.43. The Morgan fingerprint density at radius 1 is 1.17 bits per heavy atom. The quantitative estimate of drug-likeness (QED) is 0.623. The Bertz CT molecular complexity index is 872. The average Bonchev–Trinajstić information content (AvgIpc) is 2.51. The van der Waals surface area contributed by atoms with Gasteiger partial charge in [0, 0.05) is 8.59 Å². The van der Waals surface area contributed by atoms with E-state index in [2.05, 4.69) is 22.6 Å². The van der Waals surface area contributed by atoms with Crippen molar-refractivity contribution in [2.45, 2.75) is 17.9 Å². The van der Waals surface area contributed by atoms with Gasteiger partial charge in [0.05, 0.1) is 10.7 Å². The first-order valence-corrected chi connectivity index (χ1v) is 9.90. The van der Waals surface area contributed by atoms with Crippen LogP contribution in [0.2, 0.25) is 10.0 Å². The van der Waals surface area contributed by atoms with Crippen LogP contribution in [0.3, 0.4) is 0 Å². The maximum Gasteiger partial charge on any atom is 0.327 e. The van der Waals surface area contributed by atoms with Crippen LogP contribution in [0.5, 0.6) is 0 Å². The Balaban J connectivity index is 2.67. The number of carbonyl (C=O) groups is 1. The topological polar surface area (TPSA) is 74.7 Å². The van der Waals surface area contributed by atoms with E-state index in [1.54, 1.807) is 12.1 Å². The summed E-state index contributed by atoms with van der Waals surface area (Å²) in [5.74, 6) is -1.28. The maximum atomic E-state index is 13.1. The van der Waals surface area contributed by atoms with Gasteiger partial charge in [0.2, 0.25) is 0 Å². The molecule has 0 heterocycles. The molecule has 9 heteroatoms. The molecule has 0 amide bonds. The summed E-state index contributed by atoms with van der Waals surface area (Å²) in [7, 11) is -4.23. The van der Waals surface area contributed by atoms with Crippen LogP contribution in [0, 0.1) is 3.57 Å². The lowest BCUT2D eigenvalue weighted by atomic mass is 10.2. The van der Waals surface area contributed by atoms with Gasteiger partial charge in [-0.1, -0.05) is 23.2 Å². The Morgan fingerprint density at radius 3 is 2.29 bits per heavy atom. The number of nitrogens with zero attached hydrogens (tertiary/aromatic N) is 1. The third kappa shape index (κ3) is 3.96. The van der Waals surface area contributed by atoms with E-state index in [1.165, 1.54) is 37.3 Å². The van der Waals surface area contributed by atoms with Gasteiger partial charge in [-0.15, -0.1) is 0 Å². The molecule has 2 aromatic carbocycles. The summed E-state index contributed by atoms with van der Waals surface area (Å²) in [6, 6.07) is 9.14. The first kappa shape index (κ1) is 19.3. The molecule has 24 heavy (non-hydrogen) atoms. The van der Waals surface area contributed by atoms with E-state index in [-0.39, 0.29) is 20.6 Å². The standard InChI is InChI=1S/C15H12Cl2INO4S/c1-9(15(20)21)19(12-5-3-11(18)4-6-12)24(22,23)14-8-10(16)2-7-13(14)17/h2-9H,1H3,(H,20,21). The molecule has 0 radical (unpaired) electrons. The predicted molar refractivity (Wildman–Crippen MR) is 102 cm³/mol. The van der Waals surface area contributed by atoms with Gasteiger partial charge in [-0.3, -0.25) is 4.31 Å². The molecule has 2 aromatic rings. The molecule has 2 rings (SSSR count). The second-order valence-corrected chi connectivity index (χ2v) is 8.74. The number of carboxylic acids is 1. The SMILES string of the molecule is CC(C(=O)O)N(c1ccc(I)cc1)S(=O)(=O)c1cc(Cl)ccc1Cl. The highest BCUT2D eigenvalue weighted by molar-refractivity contribution is 14.1. The van der Waals surface area contributed by atoms with Crippen LogP contribution in [-0.4, -0.2) is 25.5 Å². The number of hydrogen-bond donors (Lipinski definition) is 1. The van der Waals surface area contributed by atoms with Crippen molar-refractivity contribution in [3.63, 3.8) is 0 Å². The van der Waals surface area contributed by atoms with E-state index in [4.69, 9.17) is 23.2 Å². The highest BCUT2D eigenvalue weighted by Gasteiger charge is 2.34. The molecule has 0 aromatic heterocycles. The fraction of sp³-hybridized carbons (Fsp3) is 0.133. The van der Waals surface area contributed by atoms with Crippen LogP contribution < -0.4 is 4.31 Å². The zero-order valence-electron chi connectivity index (χ0n) is 12.3. The summed E-state index contributed by atoms with van der Waals surface area (Å²) in [6.45, 7) is 1.29. The summed E-state index contributed by atoms with van der Waals surface area (Å²) in [6.07, 6.45) is 0. The number of rotatable bonds is 5. The summed E-state index contributed by atoms with van der Waals surface area (Å²) >= 11 is 14.0. The largest absolute Gasteiger partial charge is 0.480 e. The second kappa shape index (κ2) is 7.47. The van der Waals surface area contributed by atoms with E-state index in [0.29, 0.717) is 0 Å². The summed E-state index contributed by atoms with van der Waals surface area (Å²) in [5, 5.41) is 9.48.